The number of carbonyl (C=O) groups is 1. The van der Waals surface area contributed by atoms with Crippen molar-refractivity contribution in [3.8, 4) is 0 Å². The number of halogens is 1. The molecule has 4 heteroatoms. The second-order valence-corrected chi connectivity index (χ2v) is 6.37. The Hall–Kier alpha value is -1.81. The number of aryl methyl sites for hydroxylation is 2. The summed E-state index contributed by atoms with van der Waals surface area (Å²) in [5.74, 6) is 1.05. The smallest absolute Gasteiger partial charge is 0.225 e. The van der Waals surface area contributed by atoms with Crippen molar-refractivity contribution in [3.63, 3.8) is 0 Å². The van der Waals surface area contributed by atoms with Crippen LogP contribution in [0.2, 0.25) is 0 Å². The van der Waals surface area contributed by atoms with Gasteiger partial charge in [0, 0.05) is 17.9 Å². The lowest BCUT2D eigenvalue weighted by Gasteiger charge is -2.08. The summed E-state index contributed by atoms with van der Waals surface area (Å²) >= 11 is 1.72. The van der Waals surface area contributed by atoms with Crippen molar-refractivity contribution in [3.05, 3.63) is 65.0 Å². The SMILES string of the molecule is Cc1ccc(C)c(CSCCC(=O)Nc2ccccc2F)c1. The van der Waals surface area contributed by atoms with E-state index >= 15 is 0 Å². The zero-order valence-electron chi connectivity index (χ0n) is 12.9. The standard InChI is InChI=1S/C18H20FNOS/c1-13-7-8-14(2)15(11-13)12-22-10-9-18(21)20-17-6-4-3-5-16(17)19/h3-8,11H,9-10,12H2,1-2H3,(H,20,21). The molecule has 0 saturated carbocycles. The number of amides is 1. The van der Waals surface area contributed by atoms with Crippen molar-refractivity contribution in [2.45, 2.75) is 26.0 Å². The van der Waals surface area contributed by atoms with Crippen LogP contribution in [0, 0.1) is 19.7 Å². The molecule has 0 aromatic heterocycles. The van der Waals surface area contributed by atoms with Crippen LogP contribution >= 0.6 is 11.8 Å². The summed E-state index contributed by atoms with van der Waals surface area (Å²) in [7, 11) is 0. The summed E-state index contributed by atoms with van der Waals surface area (Å²) in [6, 6.07) is 12.6. The van der Waals surface area contributed by atoms with E-state index in [4.69, 9.17) is 0 Å². The number of carbonyl (C=O) groups excluding carboxylic acids is 1. The topological polar surface area (TPSA) is 29.1 Å². The highest BCUT2D eigenvalue weighted by Gasteiger charge is 2.06. The average molecular weight is 317 g/mol. The third-order valence-electron chi connectivity index (χ3n) is 3.38. The highest BCUT2D eigenvalue weighted by molar-refractivity contribution is 7.98. The van der Waals surface area contributed by atoms with E-state index in [2.05, 4.69) is 37.4 Å². The molecule has 0 aliphatic rings. The van der Waals surface area contributed by atoms with Crippen LogP contribution in [-0.4, -0.2) is 11.7 Å². The van der Waals surface area contributed by atoms with Gasteiger partial charge in [0.05, 0.1) is 5.69 Å². The van der Waals surface area contributed by atoms with Crippen molar-refractivity contribution in [2.24, 2.45) is 0 Å². The van der Waals surface area contributed by atoms with Gasteiger partial charge in [0.1, 0.15) is 5.82 Å². The Morgan fingerprint density at radius 2 is 1.95 bits per heavy atom. The molecule has 2 rings (SSSR count). The summed E-state index contributed by atoms with van der Waals surface area (Å²) in [6.07, 6.45) is 0.379. The van der Waals surface area contributed by atoms with Crippen molar-refractivity contribution < 1.29 is 9.18 Å². The van der Waals surface area contributed by atoms with Crippen molar-refractivity contribution >= 4 is 23.4 Å². The van der Waals surface area contributed by atoms with E-state index in [0.29, 0.717) is 12.2 Å². The molecule has 0 spiro atoms. The first-order valence-corrected chi connectivity index (χ1v) is 8.40. The lowest BCUT2D eigenvalue weighted by molar-refractivity contribution is -0.115. The third-order valence-corrected chi connectivity index (χ3v) is 4.39. The summed E-state index contributed by atoms with van der Waals surface area (Å²) in [5, 5.41) is 2.60. The maximum Gasteiger partial charge on any atom is 0.225 e. The highest BCUT2D eigenvalue weighted by atomic mass is 32.2. The molecule has 22 heavy (non-hydrogen) atoms. The maximum absolute atomic E-state index is 13.4. The van der Waals surface area contributed by atoms with E-state index in [0.717, 1.165) is 5.75 Å². The number of benzene rings is 2. The van der Waals surface area contributed by atoms with Gasteiger partial charge in [-0.2, -0.15) is 11.8 Å². The zero-order valence-corrected chi connectivity index (χ0v) is 13.7. The minimum Gasteiger partial charge on any atom is -0.324 e. The van der Waals surface area contributed by atoms with Crippen LogP contribution in [0.1, 0.15) is 23.1 Å². The molecule has 0 heterocycles. The van der Waals surface area contributed by atoms with Crippen LogP contribution in [0.4, 0.5) is 10.1 Å². The maximum atomic E-state index is 13.4. The Morgan fingerprint density at radius 1 is 1.18 bits per heavy atom. The van der Waals surface area contributed by atoms with Gasteiger partial charge in [-0.3, -0.25) is 4.79 Å². The molecule has 116 valence electrons. The molecule has 0 radical (unpaired) electrons. The largest absolute Gasteiger partial charge is 0.324 e. The predicted molar refractivity (Wildman–Crippen MR) is 91.7 cm³/mol. The molecule has 2 nitrogen and oxygen atoms in total. The molecule has 2 aromatic carbocycles. The van der Waals surface area contributed by atoms with E-state index in [1.165, 1.54) is 22.8 Å². The number of thioether (sulfide) groups is 1. The second kappa shape index (κ2) is 7.99. The lowest BCUT2D eigenvalue weighted by Crippen LogP contribution is -2.13. The minimum absolute atomic E-state index is 0.154. The van der Waals surface area contributed by atoms with Gasteiger partial charge in [-0.15, -0.1) is 0 Å². The van der Waals surface area contributed by atoms with E-state index in [9.17, 15) is 9.18 Å². The fourth-order valence-electron chi connectivity index (χ4n) is 2.08. The highest BCUT2D eigenvalue weighted by Crippen LogP contribution is 2.19. The first-order valence-electron chi connectivity index (χ1n) is 7.24. The van der Waals surface area contributed by atoms with Crippen molar-refractivity contribution in [1.82, 2.24) is 0 Å². The second-order valence-electron chi connectivity index (χ2n) is 5.26. The first-order chi connectivity index (χ1) is 10.6. The molecule has 0 aliphatic heterocycles. The summed E-state index contributed by atoms with van der Waals surface area (Å²) in [6.45, 7) is 4.18. The minimum atomic E-state index is -0.404. The van der Waals surface area contributed by atoms with Gasteiger partial charge in [-0.25, -0.2) is 4.39 Å². The molecule has 0 unspecified atom stereocenters. The molecule has 0 atom stereocenters. The van der Waals surface area contributed by atoms with E-state index in [1.807, 2.05) is 0 Å². The number of anilines is 1. The molecule has 2 aromatic rings. The van der Waals surface area contributed by atoms with Gasteiger partial charge in [0.2, 0.25) is 5.91 Å². The Labute approximate surface area is 135 Å². The van der Waals surface area contributed by atoms with Crippen LogP contribution in [0.25, 0.3) is 0 Å². The Bertz CT molecular complexity index is 657. The third kappa shape index (κ3) is 4.88. The number of hydrogen-bond donors (Lipinski definition) is 1. The van der Waals surface area contributed by atoms with Crippen LogP contribution in [0.15, 0.2) is 42.5 Å². The predicted octanol–water partition coefficient (Wildman–Crippen LogP) is 4.70. The fourth-order valence-corrected chi connectivity index (χ4v) is 3.08. The molecule has 1 N–H and O–H groups in total. The van der Waals surface area contributed by atoms with Gasteiger partial charge in [0.15, 0.2) is 0 Å². The average Bonchev–Trinajstić information content (AvgIpc) is 2.49. The van der Waals surface area contributed by atoms with E-state index < -0.39 is 5.82 Å². The van der Waals surface area contributed by atoms with Gasteiger partial charge < -0.3 is 5.32 Å². The van der Waals surface area contributed by atoms with Crippen molar-refractivity contribution in [2.75, 3.05) is 11.1 Å². The first kappa shape index (κ1) is 16.6. The molecule has 0 fully saturated rings. The van der Waals surface area contributed by atoms with Crippen LogP contribution in [-0.2, 0) is 10.5 Å². The van der Waals surface area contributed by atoms with Crippen LogP contribution in [0.5, 0.6) is 0 Å². The van der Waals surface area contributed by atoms with E-state index in [-0.39, 0.29) is 11.6 Å². The van der Waals surface area contributed by atoms with Gasteiger partial charge >= 0.3 is 0 Å². The molecule has 0 aliphatic carbocycles. The molecular weight excluding hydrogens is 297 g/mol. The van der Waals surface area contributed by atoms with Crippen molar-refractivity contribution in [1.29, 1.82) is 0 Å². The van der Waals surface area contributed by atoms with Crippen LogP contribution < -0.4 is 5.32 Å². The van der Waals surface area contributed by atoms with Crippen LogP contribution in [0.3, 0.4) is 0 Å². The summed E-state index contributed by atoms with van der Waals surface area (Å²) < 4.78 is 13.4. The summed E-state index contributed by atoms with van der Waals surface area (Å²) in [4.78, 5) is 11.8. The van der Waals surface area contributed by atoms with E-state index in [1.54, 1.807) is 30.0 Å². The normalized spacial score (nSPS) is 10.5. The number of rotatable bonds is 6. The Balaban J connectivity index is 1.76. The molecule has 1 amide bonds. The summed E-state index contributed by atoms with van der Waals surface area (Å²) in [5.41, 5.74) is 4.07. The molecular formula is C18H20FNOS. The van der Waals surface area contributed by atoms with Gasteiger partial charge in [0.25, 0.3) is 0 Å². The fraction of sp³-hybridized carbons (Fsp3) is 0.278. The number of nitrogens with one attached hydrogen (secondary N) is 1. The van der Waals surface area contributed by atoms with Gasteiger partial charge in [-0.05, 0) is 37.1 Å². The zero-order chi connectivity index (χ0) is 15.9. The quantitative estimate of drug-likeness (QED) is 0.782. The lowest BCUT2D eigenvalue weighted by atomic mass is 10.1. The number of para-hydroxylation sites is 1. The number of hydrogen-bond acceptors (Lipinski definition) is 2. The van der Waals surface area contributed by atoms with Gasteiger partial charge in [-0.1, -0.05) is 35.9 Å². The Kier molecular flexibility index (Phi) is 6.01. The molecule has 0 bridgehead atoms. The molecule has 0 saturated heterocycles. The monoisotopic (exact) mass is 317 g/mol. The Morgan fingerprint density at radius 3 is 2.73 bits per heavy atom.